The molecule has 0 N–H and O–H groups in total. The lowest BCUT2D eigenvalue weighted by molar-refractivity contribution is -0.116. The maximum atomic E-state index is 10.9. The summed E-state index contributed by atoms with van der Waals surface area (Å²) in [6.07, 6.45) is 0. The molecule has 0 spiro atoms. The van der Waals surface area contributed by atoms with E-state index in [4.69, 9.17) is 0 Å². The summed E-state index contributed by atoms with van der Waals surface area (Å²) < 4.78 is 2.08. The number of hydrogen-bond donors (Lipinski definition) is 0. The largest absolute Gasteiger partial charge is 0.316 e. The van der Waals surface area contributed by atoms with Crippen molar-refractivity contribution < 1.29 is 4.79 Å². The minimum absolute atomic E-state index is 0.0294. The number of aryl methyl sites for hydroxylation is 1. The van der Waals surface area contributed by atoms with Crippen LogP contribution < -0.4 is 4.80 Å². The molecular formula is C10H16N2OS. The van der Waals surface area contributed by atoms with Gasteiger partial charge >= 0.3 is 0 Å². The van der Waals surface area contributed by atoms with Gasteiger partial charge in [0.15, 0.2) is 4.80 Å². The quantitative estimate of drug-likeness (QED) is 0.648. The van der Waals surface area contributed by atoms with Crippen molar-refractivity contribution in [3.8, 4) is 0 Å². The van der Waals surface area contributed by atoms with Crippen LogP contribution in [0.2, 0.25) is 0 Å². The van der Waals surface area contributed by atoms with E-state index in [0.29, 0.717) is 0 Å². The Morgan fingerprint density at radius 2 is 2.07 bits per heavy atom. The molecule has 0 saturated heterocycles. The first-order chi connectivity index (χ1) is 6.32. The van der Waals surface area contributed by atoms with Crippen LogP contribution in [0.1, 0.15) is 33.4 Å². The van der Waals surface area contributed by atoms with E-state index in [2.05, 4.69) is 30.3 Å². The Hall–Kier alpha value is -0.900. The number of rotatable bonds is 0. The standard InChI is InChI=1S/C10H16N2OS/c1-7-6-14-9(11-8(2)13)12(7)10(3,4)5/h6H,1-5H3. The van der Waals surface area contributed by atoms with Crippen molar-refractivity contribution in [3.05, 3.63) is 15.9 Å². The molecule has 0 aliphatic rings. The van der Waals surface area contributed by atoms with Crippen molar-refractivity contribution in [1.29, 1.82) is 0 Å². The number of carbonyl (C=O) groups is 1. The molecule has 1 aromatic rings. The lowest BCUT2D eigenvalue weighted by Gasteiger charge is -2.22. The predicted octanol–water partition coefficient (Wildman–Crippen LogP) is 2.06. The van der Waals surface area contributed by atoms with Crippen molar-refractivity contribution in [2.75, 3.05) is 0 Å². The molecule has 3 nitrogen and oxygen atoms in total. The Morgan fingerprint density at radius 1 is 1.50 bits per heavy atom. The maximum absolute atomic E-state index is 10.9. The average Bonchev–Trinajstić information content (AvgIpc) is 2.28. The SMILES string of the molecule is CC(=O)N=c1scc(C)n1C(C)(C)C. The molecule has 0 saturated carbocycles. The highest BCUT2D eigenvalue weighted by Gasteiger charge is 2.16. The second-order valence-electron chi connectivity index (χ2n) is 4.30. The van der Waals surface area contributed by atoms with E-state index in [1.54, 1.807) is 0 Å². The molecule has 4 heteroatoms. The Kier molecular flexibility index (Phi) is 2.95. The van der Waals surface area contributed by atoms with Crippen LogP contribution in [0.15, 0.2) is 10.4 Å². The third-order valence-corrected chi connectivity index (χ3v) is 2.75. The molecule has 0 atom stereocenters. The van der Waals surface area contributed by atoms with Crippen LogP contribution in [0, 0.1) is 6.92 Å². The van der Waals surface area contributed by atoms with Gasteiger partial charge in [0.05, 0.1) is 0 Å². The van der Waals surface area contributed by atoms with Crippen LogP contribution >= 0.6 is 11.3 Å². The minimum atomic E-state index is -0.148. The van der Waals surface area contributed by atoms with E-state index in [1.807, 2.05) is 12.3 Å². The van der Waals surface area contributed by atoms with Crippen LogP contribution in [-0.2, 0) is 10.3 Å². The molecule has 78 valence electrons. The van der Waals surface area contributed by atoms with Gasteiger partial charge in [-0.3, -0.25) is 4.79 Å². The topological polar surface area (TPSA) is 34.4 Å². The normalized spacial score (nSPS) is 13.4. The molecule has 0 unspecified atom stereocenters. The van der Waals surface area contributed by atoms with E-state index >= 15 is 0 Å². The molecule has 0 aliphatic heterocycles. The molecule has 14 heavy (non-hydrogen) atoms. The molecule has 0 radical (unpaired) electrons. The number of aromatic nitrogens is 1. The van der Waals surface area contributed by atoms with E-state index < -0.39 is 0 Å². The summed E-state index contributed by atoms with van der Waals surface area (Å²) in [6.45, 7) is 9.81. The zero-order chi connectivity index (χ0) is 10.9. The molecule has 1 rings (SSSR count). The second kappa shape index (κ2) is 3.69. The molecule has 1 heterocycles. The van der Waals surface area contributed by atoms with Gasteiger partial charge in [0.25, 0.3) is 0 Å². The van der Waals surface area contributed by atoms with Crippen molar-refractivity contribution in [3.63, 3.8) is 0 Å². The Bertz CT molecular complexity index is 406. The number of hydrogen-bond acceptors (Lipinski definition) is 2. The summed E-state index contributed by atoms with van der Waals surface area (Å²) in [5, 5.41) is 2.02. The molecule has 1 aromatic heterocycles. The van der Waals surface area contributed by atoms with Gasteiger partial charge < -0.3 is 4.57 Å². The summed E-state index contributed by atoms with van der Waals surface area (Å²) in [5.74, 6) is -0.148. The van der Waals surface area contributed by atoms with E-state index in [9.17, 15) is 4.79 Å². The van der Waals surface area contributed by atoms with E-state index in [-0.39, 0.29) is 11.4 Å². The van der Waals surface area contributed by atoms with Crippen LogP contribution in [0.25, 0.3) is 0 Å². The minimum Gasteiger partial charge on any atom is -0.316 e. The first-order valence-electron chi connectivity index (χ1n) is 4.55. The summed E-state index contributed by atoms with van der Waals surface area (Å²) >= 11 is 1.51. The van der Waals surface area contributed by atoms with Crippen molar-refractivity contribution in [2.24, 2.45) is 4.99 Å². The first-order valence-corrected chi connectivity index (χ1v) is 5.43. The second-order valence-corrected chi connectivity index (χ2v) is 5.13. The lowest BCUT2D eigenvalue weighted by atomic mass is 10.1. The molecule has 0 fully saturated rings. The molecule has 1 amide bonds. The van der Waals surface area contributed by atoms with Crippen LogP contribution in [-0.4, -0.2) is 10.5 Å². The van der Waals surface area contributed by atoms with Gasteiger partial charge in [0.2, 0.25) is 5.91 Å². The van der Waals surface area contributed by atoms with Gasteiger partial charge in [-0.25, -0.2) is 0 Å². The molecule has 0 bridgehead atoms. The Balaban J connectivity index is 3.42. The molecular weight excluding hydrogens is 196 g/mol. The zero-order valence-electron chi connectivity index (χ0n) is 9.29. The van der Waals surface area contributed by atoms with Gasteiger partial charge in [0, 0.05) is 23.5 Å². The zero-order valence-corrected chi connectivity index (χ0v) is 10.1. The highest BCUT2D eigenvalue weighted by molar-refractivity contribution is 7.07. The van der Waals surface area contributed by atoms with Crippen molar-refractivity contribution in [1.82, 2.24) is 4.57 Å². The van der Waals surface area contributed by atoms with Gasteiger partial charge in [-0.1, -0.05) is 0 Å². The van der Waals surface area contributed by atoms with Crippen molar-refractivity contribution >= 4 is 17.2 Å². The van der Waals surface area contributed by atoms with Crippen LogP contribution in [0.4, 0.5) is 0 Å². The summed E-state index contributed by atoms with van der Waals surface area (Å²) in [4.78, 5) is 15.7. The fourth-order valence-electron chi connectivity index (χ4n) is 1.42. The third kappa shape index (κ3) is 2.32. The fourth-order valence-corrected chi connectivity index (χ4v) is 2.51. The third-order valence-electron chi connectivity index (χ3n) is 1.80. The molecule has 0 aromatic carbocycles. The Morgan fingerprint density at radius 3 is 2.50 bits per heavy atom. The average molecular weight is 212 g/mol. The van der Waals surface area contributed by atoms with Gasteiger partial charge in [-0.15, -0.1) is 11.3 Å². The van der Waals surface area contributed by atoms with Crippen LogP contribution in [0.5, 0.6) is 0 Å². The Labute approximate surface area is 88.1 Å². The van der Waals surface area contributed by atoms with Crippen molar-refractivity contribution in [2.45, 2.75) is 40.2 Å². The number of nitrogens with zero attached hydrogens (tertiary/aromatic N) is 2. The van der Waals surface area contributed by atoms with Crippen LogP contribution in [0.3, 0.4) is 0 Å². The van der Waals surface area contributed by atoms with Gasteiger partial charge in [-0.05, 0) is 27.7 Å². The molecule has 0 aliphatic carbocycles. The number of amides is 1. The van der Waals surface area contributed by atoms with E-state index in [1.165, 1.54) is 18.3 Å². The summed E-state index contributed by atoms with van der Waals surface area (Å²) in [7, 11) is 0. The summed E-state index contributed by atoms with van der Waals surface area (Å²) in [5.41, 5.74) is 1.11. The van der Waals surface area contributed by atoms with Gasteiger partial charge in [0.1, 0.15) is 0 Å². The maximum Gasteiger partial charge on any atom is 0.245 e. The first kappa shape index (κ1) is 11.2. The summed E-state index contributed by atoms with van der Waals surface area (Å²) in [6, 6.07) is 0. The highest BCUT2D eigenvalue weighted by atomic mass is 32.1. The fraction of sp³-hybridized carbons (Fsp3) is 0.600. The van der Waals surface area contributed by atoms with Gasteiger partial charge in [-0.2, -0.15) is 4.99 Å². The smallest absolute Gasteiger partial charge is 0.245 e. The van der Waals surface area contributed by atoms with E-state index in [0.717, 1.165) is 10.5 Å². The monoisotopic (exact) mass is 212 g/mol. The number of thiazole rings is 1. The lowest BCUT2D eigenvalue weighted by Crippen LogP contribution is -2.32. The number of carbonyl (C=O) groups excluding carboxylic acids is 1. The highest BCUT2D eigenvalue weighted by Crippen LogP contribution is 2.15. The predicted molar refractivity (Wildman–Crippen MR) is 58.3 cm³/mol.